The van der Waals surface area contributed by atoms with Crippen LogP contribution in [0.1, 0.15) is 24.0 Å². The van der Waals surface area contributed by atoms with Gasteiger partial charge in [0.25, 0.3) is 0 Å². The van der Waals surface area contributed by atoms with Crippen LogP contribution < -0.4 is 16.4 Å². The van der Waals surface area contributed by atoms with Gasteiger partial charge in [0.2, 0.25) is 0 Å². The SMILES string of the molecule is Cc1c(Cl)cnc2nc(-c3ccc(N)c(O)c3)[nH]c12.Cc1c(Cl)cnc2nc(-c3ccc(NC[C@H]4CCCN4)c(O)c3)[nH]c12. The second kappa shape index (κ2) is 12.2. The lowest BCUT2D eigenvalue weighted by molar-refractivity contribution is 0.476. The molecule has 13 heteroatoms. The Hall–Kier alpha value is -4.58. The van der Waals surface area contributed by atoms with Crippen LogP contribution in [0.5, 0.6) is 11.5 Å². The highest BCUT2D eigenvalue weighted by atomic mass is 35.5. The van der Waals surface area contributed by atoms with Gasteiger partial charge in [-0.3, -0.25) is 0 Å². The summed E-state index contributed by atoms with van der Waals surface area (Å²) in [5, 5.41) is 27.9. The number of phenolic OH excluding ortho intramolecular Hbond substituents is 2. The van der Waals surface area contributed by atoms with Crippen LogP contribution in [0.2, 0.25) is 10.0 Å². The van der Waals surface area contributed by atoms with Crippen LogP contribution >= 0.6 is 23.2 Å². The molecule has 44 heavy (non-hydrogen) atoms. The predicted molar refractivity (Wildman–Crippen MR) is 175 cm³/mol. The molecule has 5 heterocycles. The zero-order valence-corrected chi connectivity index (χ0v) is 25.6. The minimum absolute atomic E-state index is 0.0284. The summed E-state index contributed by atoms with van der Waals surface area (Å²) >= 11 is 12.1. The van der Waals surface area contributed by atoms with Gasteiger partial charge in [0.15, 0.2) is 11.3 Å². The highest BCUT2D eigenvalue weighted by Crippen LogP contribution is 2.32. The molecule has 0 aliphatic carbocycles. The maximum absolute atomic E-state index is 10.3. The van der Waals surface area contributed by atoms with Gasteiger partial charge in [-0.2, -0.15) is 0 Å². The summed E-state index contributed by atoms with van der Waals surface area (Å²) in [4.78, 5) is 23.7. The minimum Gasteiger partial charge on any atom is -0.506 e. The first kappa shape index (κ1) is 29.5. The van der Waals surface area contributed by atoms with Crippen molar-refractivity contribution < 1.29 is 10.2 Å². The number of H-pyrrole nitrogens is 2. The topological polar surface area (TPSA) is 174 Å². The lowest BCUT2D eigenvalue weighted by Gasteiger charge is -2.14. The predicted octanol–water partition coefficient (Wildman–Crippen LogP) is 6.33. The van der Waals surface area contributed by atoms with Crippen LogP contribution in [0.15, 0.2) is 48.8 Å². The number of aromatic nitrogens is 6. The summed E-state index contributed by atoms with van der Waals surface area (Å²) in [6.45, 7) is 5.70. The van der Waals surface area contributed by atoms with Crippen molar-refractivity contribution >= 4 is 56.9 Å². The van der Waals surface area contributed by atoms with Crippen LogP contribution in [-0.2, 0) is 0 Å². The fourth-order valence-electron chi connectivity index (χ4n) is 5.06. The molecule has 1 aliphatic heterocycles. The Kier molecular flexibility index (Phi) is 8.17. The molecule has 4 aromatic heterocycles. The molecule has 8 N–H and O–H groups in total. The van der Waals surface area contributed by atoms with E-state index in [2.05, 4.69) is 40.5 Å². The molecule has 1 atom stereocenters. The van der Waals surface area contributed by atoms with E-state index < -0.39 is 0 Å². The van der Waals surface area contributed by atoms with Crippen molar-refractivity contribution in [1.82, 2.24) is 35.2 Å². The molecule has 1 fully saturated rings. The van der Waals surface area contributed by atoms with Gasteiger partial charge in [0.05, 0.1) is 32.5 Å². The van der Waals surface area contributed by atoms with E-state index in [9.17, 15) is 10.2 Å². The molecule has 0 unspecified atom stereocenters. The first-order chi connectivity index (χ1) is 21.2. The number of phenols is 2. The van der Waals surface area contributed by atoms with E-state index in [-0.39, 0.29) is 11.5 Å². The van der Waals surface area contributed by atoms with Crippen LogP contribution in [0, 0.1) is 13.8 Å². The van der Waals surface area contributed by atoms with Crippen LogP contribution in [0.4, 0.5) is 11.4 Å². The maximum atomic E-state index is 10.3. The van der Waals surface area contributed by atoms with E-state index in [4.69, 9.17) is 28.9 Å². The van der Waals surface area contributed by atoms with Crippen LogP contribution in [-0.4, -0.2) is 59.2 Å². The van der Waals surface area contributed by atoms with E-state index in [0.717, 1.165) is 52.1 Å². The molecular weight excluding hydrogens is 601 g/mol. The minimum atomic E-state index is 0.0284. The van der Waals surface area contributed by atoms with Crippen molar-refractivity contribution in [1.29, 1.82) is 0 Å². The number of aryl methyl sites for hydroxylation is 2. The second-order valence-electron chi connectivity index (χ2n) is 10.7. The number of nitrogens with two attached hydrogens (primary N) is 1. The quantitative estimate of drug-likeness (QED) is 0.0846. The van der Waals surface area contributed by atoms with Gasteiger partial charge in [0.1, 0.15) is 23.1 Å². The third kappa shape index (κ3) is 5.94. The number of nitrogens with zero attached hydrogens (tertiary/aromatic N) is 4. The number of fused-ring (bicyclic) bond motifs is 2. The molecule has 1 aliphatic rings. The van der Waals surface area contributed by atoms with Crippen LogP contribution in [0.3, 0.4) is 0 Å². The van der Waals surface area contributed by atoms with Gasteiger partial charge in [-0.25, -0.2) is 19.9 Å². The summed E-state index contributed by atoms with van der Waals surface area (Å²) in [7, 11) is 0. The number of aromatic amines is 2. The van der Waals surface area contributed by atoms with Crippen molar-refractivity contribution in [2.75, 3.05) is 24.1 Å². The largest absolute Gasteiger partial charge is 0.506 e. The summed E-state index contributed by atoms with van der Waals surface area (Å²) in [6, 6.07) is 10.9. The molecule has 226 valence electrons. The Morgan fingerprint density at radius 3 is 1.95 bits per heavy atom. The summed E-state index contributed by atoms with van der Waals surface area (Å²) in [6.07, 6.45) is 5.55. The first-order valence-electron chi connectivity index (χ1n) is 14.1. The monoisotopic (exact) mass is 631 g/mol. The summed E-state index contributed by atoms with van der Waals surface area (Å²) in [5.74, 6) is 1.51. The van der Waals surface area contributed by atoms with E-state index in [1.54, 1.807) is 36.7 Å². The van der Waals surface area contributed by atoms with Gasteiger partial charge in [-0.15, -0.1) is 0 Å². The molecule has 0 spiro atoms. The van der Waals surface area contributed by atoms with Gasteiger partial charge in [-0.05, 0) is 80.8 Å². The fourth-order valence-corrected chi connectivity index (χ4v) is 5.35. The Balaban J connectivity index is 0.000000162. The Labute approximate surface area is 262 Å². The fraction of sp³-hybridized carbons (Fsp3) is 0.226. The Morgan fingerprint density at radius 1 is 0.864 bits per heavy atom. The molecule has 1 saturated heterocycles. The number of hydrogen-bond acceptors (Lipinski definition) is 9. The number of anilines is 2. The average molecular weight is 633 g/mol. The van der Waals surface area contributed by atoms with Gasteiger partial charge < -0.3 is 36.5 Å². The van der Waals surface area contributed by atoms with Crippen molar-refractivity contribution in [2.24, 2.45) is 0 Å². The van der Waals surface area contributed by atoms with E-state index >= 15 is 0 Å². The molecule has 11 nitrogen and oxygen atoms in total. The molecular formula is C31H31Cl2N9O2. The smallest absolute Gasteiger partial charge is 0.178 e. The standard InChI is InChI=1S/C18H20ClN5O.C13H11ClN4O/c1-10-13(19)9-22-18-16(10)23-17(24-18)11-4-5-14(15(25)7-11)21-8-12-3-2-6-20-12;1-6-8(14)5-16-13-11(6)17-12(18-13)7-2-3-9(15)10(19)4-7/h4-5,7,9,12,20-21,25H,2-3,6,8H2,1H3,(H,22,23,24);2-5,19H,15H2,1H3,(H,16,17,18)/t12-;/m1./s1. The highest BCUT2D eigenvalue weighted by molar-refractivity contribution is 6.32. The third-order valence-corrected chi connectivity index (χ3v) is 8.47. The second-order valence-corrected chi connectivity index (χ2v) is 11.5. The number of hydrogen-bond donors (Lipinski definition) is 7. The number of nitrogens with one attached hydrogen (secondary N) is 4. The Morgan fingerprint density at radius 2 is 1.43 bits per heavy atom. The number of rotatable bonds is 5. The number of pyridine rings is 2. The van der Waals surface area contributed by atoms with Crippen molar-refractivity contribution in [3.8, 4) is 34.3 Å². The lowest BCUT2D eigenvalue weighted by atomic mass is 10.1. The maximum Gasteiger partial charge on any atom is 0.178 e. The van der Waals surface area contributed by atoms with E-state index in [0.29, 0.717) is 44.7 Å². The molecule has 0 radical (unpaired) electrons. The zero-order valence-electron chi connectivity index (χ0n) is 24.0. The van der Waals surface area contributed by atoms with Crippen molar-refractivity contribution in [3.05, 3.63) is 70.0 Å². The number of halogens is 2. The first-order valence-corrected chi connectivity index (χ1v) is 14.8. The molecule has 0 bridgehead atoms. The normalized spacial score (nSPS) is 14.6. The van der Waals surface area contributed by atoms with Gasteiger partial charge >= 0.3 is 0 Å². The van der Waals surface area contributed by atoms with Crippen molar-refractivity contribution in [2.45, 2.75) is 32.7 Å². The number of nitrogen functional groups attached to an aromatic ring is 1. The van der Waals surface area contributed by atoms with Gasteiger partial charge in [0, 0.05) is 36.1 Å². The number of aromatic hydroxyl groups is 2. The molecule has 7 rings (SSSR count). The molecule has 6 aromatic rings. The molecule has 0 amide bonds. The van der Waals surface area contributed by atoms with Gasteiger partial charge in [-0.1, -0.05) is 23.2 Å². The lowest BCUT2D eigenvalue weighted by Crippen LogP contribution is -2.29. The molecule has 0 saturated carbocycles. The number of imidazole rings is 2. The van der Waals surface area contributed by atoms with Crippen molar-refractivity contribution in [3.63, 3.8) is 0 Å². The third-order valence-electron chi connectivity index (χ3n) is 7.71. The highest BCUT2D eigenvalue weighted by Gasteiger charge is 2.16. The summed E-state index contributed by atoms with van der Waals surface area (Å²) < 4.78 is 0. The average Bonchev–Trinajstić information content (AvgIpc) is 3.79. The van der Waals surface area contributed by atoms with E-state index in [1.807, 2.05) is 26.0 Å². The summed E-state index contributed by atoms with van der Waals surface area (Å²) in [5.41, 5.74) is 12.8. The number of benzene rings is 2. The molecule has 2 aromatic carbocycles. The van der Waals surface area contributed by atoms with E-state index in [1.165, 1.54) is 12.8 Å². The Bertz CT molecular complexity index is 1980. The van der Waals surface area contributed by atoms with Crippen LogP contribution in [0.25, 0.3) is 45.1 Å². The zero-order chi connectivity index (χ0) is 31.0.